The smallest absolute Gasteiger partial charge is 0.337 e. The van der Waals surface area contributed by atoms with E-state index in [0.29, 0.717) is 6.54 Å². The molecule has 4 heteroatoms. The highest BCUT2D eigenvalue weighted by molar-refractivity contribution is 6.03. The minimum Gasteiger partial charge on any atom is -0.337 e. The molecule has 0 spiro atoms. The Hall–Kier alpha value is -2.62. The number of rotatable bonds is 3. The number of carbonyl (C=O) groups is 1. The maximum atomic E-state index is 12.3. The van der Waals surface area contributed by atoms with Crippen LogP contribution in [0.3, 0.4) is 0 Å². The Kier molecular flexibility index (Phi) is 4.19. The second-order valence-corrected chi connectivity index (χ2v) is 5.22. The standard InChI is InChI=1S/C18H19N3O/c1-2-19-18(22)21-17(15-11-7-4-8-12-15)13-16(20-21)14-9-5-3-6-10-14/h3-12,17H,2,13H2,1H3,(H,19,22). The van der Waals surface area contributed by atoms with Crippen molar-refractivity contribution in [1.29, 1.82) is 0 Å². The summed E-state index contributed by atoms with van der Waals surface area (Å²) in [6, 6.07) is 19.9. The van der Waals surface area contributed by atoms with Crippen LogP contribution in [0, 0.1) is 0 Å². The van der Waals surface area contributed by atoms with Crippen LogP contribution in [-0.2, 0) is 0 Å². The fourth-order valence-corrected chi connectivity index (χ4v) is 2.67. The molecule has 0 radical (unpaired) electrons. The van der Waals surface area contributed by atoms with Crippen LogP contribution >= 0.6 is 0 Å². The van der Waals surface area contributed by atoms with Gasteiger partial charge in [0, 0.05) is 13.0 Å². The number of benzene rings is 2. The molecule has 1 unspecified atom stereocenters. The van der Waals surface area contributed by atoms with E-state index in [9.17, 15) is 4.79 Å². The second-order valence-electron chi connectivity index (χ2n) is 5.22. The van der Waals surface area contributed by atoms with Gasteiger partial charge in [-0.3, -0.25) is 0 Å². The van der Waals surface area contributed by atoms with Crippen LogP contribution in [0.5, 0.6) is 0 Å². The highest BCUT2D eigenvalue weighted by Crippen LogP contribution is 2.32. The van der Waals surface area contributed by atoms with Crippen molar-refractivity contribution in [3.63, 3.8) is 0 Å². The number of hydrogen-bond donors (Lipinski definition) is 1. The van der Waals surface area contributed by atoms with Gasteiger partial charge in [-0.15, -0.1) is 0 Å². The first-order valence-electron chi connectivity index (χ1n) is 7.54. The van der Waals surface area contributed by atoms with Gasteiger partial charge in [-0.25, -0.2) is 9.80 Å². The van der Waals surface area contributed by atoms with Crippen molar-refractivity contribution in [2.45, 2.75) is 19.4 Å². The molecule has 2 aromatic rings. The fraction of sp³-hybridized carbons (Fsp3) is 0.222. The molecule has 1 aliphatic rings. The SMILES string of the molecule is CCNC(=O)N1N=C(c2ccccc2)CC1c1ccccc1. The van der Waals surface area contributed by atoms with Crippen molar-refractivity contribution < 1.29 is 4.79 Å². The molecule has 22 heavy (non-hydrogen) atoms. The van der Waals surface area contributed by atoms with E-state index in [1.807, 2.05) is 67.6 Å². The third-order valence-electron chi connectivity index (χ3n) is 3.74. The molecule has 0 bridgehead atoms. The fourth-order valence-electron chi connectivity index (χ4n) is 2.67. The van der Waals surface area contributed by atoms with E-state index in [1.54, 1.807) is 5.01 Å². The summed E-state index contributed by atoms with van der Waals surface area (Å²) in [7, 11) is 0. The first-order valence-corrected chi connectivity index (χ1v) is 7.54. The largest absolute Gasteiger partial charge is 0.338 e. The van der Waals surface area contributed by atoms with E-state index >= 15 is 0 Å². The van der Waals surface area contributed by atoms with Gasteiger partial charge in [0.15, 0.2) is 0 Å². The molecule has 0 fully saturated rings. The van der Waals surface area contributed by atoms with Crippen molar-refractivity contribution in [3.05, 3.63) is 71.8 Å². The van der Waals surface area contributed by atoms with Crippen LogP contribution in [0.25, 0.3) is 0 Å². The van der Waals surface area contributed by atoms with Crippen LogP contribution in [0.4, 0.5) is 4.79 Å². The van der Waals surface area contributed by atoms with Gasteiger partial charge in [0.05, 0.1) is 11.8 Å². The Bertz CT molecular complexity index is 667. The maximum Gasteiger partial charge on any atom is 0.338 e. The van der Waals surface area contributed by atoms with Gasteiger partial charge in [0.25, 0.3) is 0 Å². The van der Waals surface area contributed by atoms with E-state index < -0.39 is 0 Å². The molecule has 1 N–H and O–H groups in total. The number of carbonyl (C=O) groups excluding carboxylic acids is 1. The molecule has 112 valence electrons. The molecule has 2 amide bonds. The summed E-state index contributed by atoms with van der Waals surface area (Å²) in [4.78, 5) is 12.3. The average molecular weight is 293 g/mol. The van der Waals surface area contributed by atoms with Gasteiger partial charge in [0.2, 0.25) is 0 Å². The maximum absolute atomic E-state index is 12.3. The summed E-state index contributed by atoms with van der Waals surface area (Å²) in [6.07, 6.45) is 0.727. The number of nitrogens with one attached hydrogen (secondary N) is 1. The number of urea groups is 1. The highest BCUT2D eigenvalue weighted by Gasteiger charge is 2.32. The van der Waals surface area contributed by atoms with Crippen molar-refractivity contribution in [3.8, 4) is 0 Å². The molecule has 0 aliphatic carbocycles. The second kappa shape index (κ2) is 6.43. The molecule has 1 heterocycles. The molecule has 4 nitrogen and oxygen atoms in total. The van der Waals surface area contributed by atoms with Crippen LogP contribution in [0.2, 0.25) is 0 Å². The van der Waals surface area contributed by atoms with Crippen LogP contribution in [0.1, 0.15) is 30.5 Å². The molecular weight excluding hydrogens is 274 g/mol. The van der Waals surface area contributed by atoms with Crippen molar-refractivity contribution in [2.75, 3.05) is 6.54 Å². The minimum absolute atomic E-state index is 0.0528. The van der Waals surface area contributed by atoms with Gasteiger partial charge in [-0.1, -0.05) is 60.7 Å². The topological polar surface area (TPSA) is 44.7 Å². The summed E-state index contributed by atoms with van der Waals surface area (Å²) in [6.45, 7) is 2.50. The molecule has 1 aliphatic heterocycles. The van der Waals surface area contributed by atoms with E-state index in [4.69, 9.17) is 0 Å². The highest BCUT2D eigenvalue weighted by atomic mass is 16.2. The molecule has 3 rings (SSSR count). The van der Waals surface area contributed by atoms with Gasteiger partial charge in [-0.2, -0.15) is 5.10 Å². The summed E-state index contributed by atoms with van der Waals surface area (Å²) in [5.74, 6) is 0. The first-order chi connectivity index (χ1) is 10.8. The van der Waals surface area contributed by atoms with Gasteiger partial charge in [0.1, 0.15) is 0 Å². The van der Waals surface area contributed by atoms with Crippen LogP contribution < -0.4 is 5.32 Å². The van der Waals surface area contributed by atoms with Crippen LogP contribution in [-0.4, -0.2) is 23.3 Å². The van der Waals surface area contributed by atoms with Crippen LogP contribution in [0.15, 0.2) is 65.8 Å². The molecular formula is C18H19N3O. The Morgan fingerprint density at radius 2 is 1.77 bits per heavy atom. The zero-order valence-electron chi connectivity index (χ0n) is 12.6. The normalized spacial score (nSPS) is 17.2. The predicted octanol–water partition coefficient (Wildman–Crippen LogP) is 3.57. The molecule has 0 saturated heterocycles. The molecule has 0 saturated carbocycles. The lowest BCUT2D eigenvalue weighted by molar-refractivity contribution is 0.187. The Balaban J connectivity index is 1.92. The number of nitrogens with zero attached hydrogens (tertiary/aromatic N) is 2. The number of hydrazone groups is 1. The Morgan fingerprint density at radius 3 is 2.41 bits per heavy atom. The first kappa shape index (κ1) is 14.3. The van der Waals surface area contributed by atoms with Crippen molar-refractivity contribution >= 4 is 11.7 Å². The minimum atomic E-state index is -0.151. The number of amides is 2. The lowest BCUT2D eigenvalue weighted by Gasteiger charge is -2.21. The quantitative estimate of drug-likeness (QED) is 0.924. The zero-order valence-corrected chi connectivity index (χ0v) is 12.6. The molecule has 1 atom stereocenters. The van der Waals surface area contributed by atoms with Crippen molar-refractivity contribution in [1.82, 2.24) is 10.3 Å². The van der Waals surface area contributed by atoms with E-state index in [0.717, 1.165) is 23.3 Å². The lowest BCUT2D eigenvalue weighted by atomic mass is 9.99. The number of hydrogen-bond acceptors (Lipinski definition) is 2. The van der Waals surface area contributed by atoms with Gasteiger partial charge < -0.3 is 5.32 Å². The Labute approximate surface area is 130 Å². The predicted molar refractivity (Wildman–Crippen MR) is 87.7 cm³/mol. The van der Waals surface area contributed by atoms with E-state index in [2.05, 4.69) is 10.4 Å². The van der Waals surface area contributed by atoms with Crippen molar-refractivity contribution in [2.24, 2.45) is 5.10 Å². The third-order valence-corrected chi connectivity index (χ3v) is 3.74. The molecule has 0 aromatic heterocycles. The summed E-state index contributed by atoms with van der Waals surface area (Å²) >= 11 is 0. The molecule has 2 aromatic carbocycles. The lowest BCUT2D eigenvalue weighted by Crippen LogP contribution is -2.36. The summed E-state index contributed by atoms with van der Waals surface area (Å²) < 4.78 is 0. The monoisotopic (exact) mass is 293 g/mol. The summed E-state index contributed by atoms with van der Waals surface area (Å²) in [5.41, 5.74) is 3.11. The zero-order chi connectivity index (χ0) is 15.4. The average Bonchev–Trinajstić information content (AvgIpc) is 3.02. The Morgan fingerprint density at radius 1 is 1.14 bits per heavy atom. The van der Waals surface area contributed by atoms with Gasteiger partial charge >= 0.3 is 6.03 Å². The van der Waals surface area contributed by atoms with E-state index in [-0.39, 0.29) is 12.1 Å². The summed E-state index contributed by atoms with van der Waals surface area (Å²) in [5, 5.41) is 8.98. The van der Waals surface area contributed by atoms with E-state index in [1.165, 1.54) is 0 Å². The van der Waals surface area contributed by atoms with Gasteiger partial charge in [-0.05, 0) is 18.1 Å². The third kappa shape index (κ3) is 2.86.